The van der Waals surface area contributed by atoms with Crippen LogP contribution in [0.1, 0.15) is 16.3 Å². The van der Waals surface area contributed by atoms with E-state index in [1.54, 1.807) is 46.6 Å². The largest absolute Gasteiger partial charge is 0.487 e. The van der Waals surface area contributed by atoms with Gasteiger partial charge in [-0.2, -0.15) is 0 Å². The van der Waals surface area contributed by atoms with E-state index in [0.717, 1.165) is 22.0 Å². The van der Waals surface area contributed by atoms with Crippen LogP contribution in [0.5, 0.6) is 5.75 Å². The lowest BCUT2D eigenvalue weighted by Crippen LogP contribution is -2.48. The van der Waals surface area contributed by atoms with Crippen LogP contribution in [0.25, 0.3) is 6.08 Å². The Kier molecular flexibility index (Phi) is 6.99. The molecular formula is C24H24N4O4S. The minimum atomic E-state index is -0.369. The number of amides is 1. The molecule has 1 aliphatic heterocycles. The van der Waals surface area contributed by atoms with Crippen LogP contribution in [0, 0.1) is 17.0 Å². The Balaban J connectivity index is 1.28. The van der Waals surface area contributed by atoms with E-state index < -0.39 is 0 Å². The number of nitro benzene ring substituents is 1. The van der Waals surface area contributed by atoms with Gasteiger partial charge in [-0.25, -0.2) is 4.98 Å². The average Bonchev–Trinajstić information content (AvgIpc) is 3.27. The van der Waals surface area contributed by atoms with Crippen LogP contribution in [0.3, 0.4) is 0 Å². The number of hydrogen-bond acceptors (Lipinski definition) is 7. The summed E-state index contributed by atoms with van der Waals surface area (Å²) in [5.41, 5.74) is 2.50. The van der Waals surface area contributed by atoms with Crippen molar-refractivity contribution in [1.82, 2.24) is 9.88 Å². The van der Waals surface area contributed by atoms with Crippen molar-refractivity contribution in [1.29, 1.82) is 0 Å². The molecule has 4 rings (SSSR count). The summed E-state index contributed by atoms with van der Waals surface area (Å²) in [5.74, 6) is 0.673. The number of aryl methyl sites for hydroxylation is 1. The van der Waals surface area contributed by atoms with Crippen molar-refractivity contribution >= 4 is 34.7 Å². The minimum Gasteiger partial charge on any atom is -0.487 e. The van der Waals surface area contributed by atoms with Gasteiger partial charge in [0.2, 0.25) is 5.91 Å². The van der Waals surface area contributed by atoms with Crippen LogP contribution in [0.2, 0.25) is 0 Å². The number of anilines is 1. The molecule has 0 bridgehead atoms. The highest BCUT2D eigenvalue weighted by atomic mass is 32.1. The molecule has 2 aromatic carbocycles. The molecule has 1 fully saturated rings. The third kappa shape index (κ3) is 5.75. The molecule has 1 aliphatic rings. The Morgan fingerprint density at radius 1 is 1.15 bits per heavy atom. The van der Waals surface area contributed by atoms with Crippen molar-refractivity contribution in [3.05, 3.63) is 86.4 Å². The van der Waals surface area contributed by atoms with E-state index in [4.69, 9.17) is 4.74 Å². The van der Waals surface area contributed by atoms with E-state index in [1.165, 1.54) is 6.07 Å². The van der Waals surface area contributed by atoms with Gasteiger partial charge >= 0.3 is 0 Å². The second kappa shape index (κ2) is 10.3. The fraction of sp³-hybridized carbons (Fsp3) is 0.250. The summed E-state index contributed by atoms with van der Waals surface area (Å²) in [6, 6.07) is 14.2. The van der Waals surface area contributed by atoms with Crippen molar-refractivity contribution in [2.24, 2.45) is 0 Å². The average molecular weight is 465 g/mol. The molecule has 0 spiro atoms. The highest BCUT2D eigenvalue weighted by Gasteiger charge is 2.24. The van der Waals surface area contributed by atoms with Gasteiger partial charge < -0.3 is 14.5 Å². The van der Waals surface area contributed by atoms with Crippen molar-refractivity contribution in [2.45, 2.75) is 13.5 Å². The van der Waals surface area contributed by atoms with Gasteiger partial charge in [-0.3, -0.25) is 14.9 Å². The molecule has 3 aromatic rings. The van der Waals surface area contributed by atoms with Gasteiger partial charge in [-0.05, 0) is 36.8 Å². The molecule has 2 heterocycles. The number of thiazole rings is 1. The van der Waals surface area contributed by atoms with Crippen LogP contribution in [0.4, 0.5) is 11.4 Å². The van der Waals surface area contributed by atoms with E-state index >= 15 is 0 Å². The first-order valence-corrected chi connectivity index (χ1v) is 11.5. The number of hydrogen-bond donors (Lipinski definition) is 0. The Morgan fingerprint density at radius 3 is 2.55 bits per heavy atom. The smallest absolute Gasteiger partial charge is 0.292 e. The van der Waals surface area contributed by atoms with Gasteiger partial charge in [0.15, 0.2) is 0 Å². The molecule has 0 saturated carbocycles. The summed E-state index contributed by atoms with van der Waals surface area (Å²) in [7, 11) is 0. The van der Waals surface area contributed by atoms with E-state index in [2.05, 4.69) is 4.98 Å². The van der Waals surface area contributed by atoms with Crippen LogP contribution in [-0.2, 0) is 11.4 Å². The molecule has 1 aromatic heterocycles. The summed E-state index contributed by atoms with van der Waals surface area (Å²) in [5, 5.41) is 14.3. The van der Waals surface area contributed by atoms with Gasteiger partial charge in [-0.15, -0.1) is 11.3 Å². The zero-order valence-electron chi connectivity index (χ0n) is 18.2. The van der Waals surface area contributed by atoms with Gasteiger partial charge in [-0.1, -0.05) is 24.3 Å². The second-order valence-electron chi connectivity index (χ2n) is 7.61. The molecule has 1 amide bonds. The van der Waals surface area contributed by atoms with E-state index in [-0.39, 0.29) is 16.5 Å². The number of ether oxygens (including phenoxy) is 1. The quantitative estimate of drug-likeness (QED) is 0.294. The maximum atomic E-state index is 12.6. The first kappa shape index (κ1) is 22.5. The summed E-state index contributed by atoms with van der Waals surface area (Å²) < 4.78 is 5.75. The summed E-state index contributed by atoms with van der Waals surface area (Å²) in [4.78, 5) is 31.6. The molecule has 9 heteroatoms. The number of rotatable bonds is 7. The Bertz CT molecular complexity index is 1150. The number of nitrogens with zero attached hydrogens (tertiary/aromatic N) is 4. The Hall–Kier alpha value is -3.72. The SMILES string of the molecule is Cc1nc(COc2ccc(/C=C/C(=O)N3CCN(c4ccccc4[N+](=O)[O-])CC3)cc2)cs1. The number of para-hydroxylation sites is 2. The summed E-state index contributed by atoms with van der Waals surface area (Å²) in [6.45, 7) is 4.52. The lowest BCUT2D eigenvalue weighted by Gasteiger charge is -2.35. The fourth-order valence-electron chi connectivity index (χ4n) is 3.63. The number of piperazine rings is 1. The Labute approximate surface area is 195 Å². The van der Waals surface area contributed by atoms with Crippen LogP contribution in [-0.4, -0.2) is 46.9 Å². The summed E-state index contributed by atoms with van der Waals surface area (Å²) in [6.07, 6.45) is 3.35. The highest BCUT2D eigenvalue weighted by molar-refractivity contribution is 7.09. The maximum Gasteiger partial charge on any atom is 0.292 e. The predicted octanol–water partition coefficient (Wildman–Crippen LogP) is 4.30. The normalized spacial score (nSPS) is 14.0. The molecule has 0 unspecified atom stereocenters. The van der Waals surface area contributed by atoms with Gasteiger partial charge in [0.25, 0.3) is 5.69 Å². The van der Waals surface area contributed by atoms with E-state index in [9.17, 15) is 14.9 Å². The zero-order chi connectivity index (χ0) is 23.2. The topological polar surface area (TPSA) is 88.8 Å². The van der Waals surface area contributed by atoms with Crippen LogP contribution >= 0.6 is 11.3 Å². The molecule has 0 aliphatic carbocycles. The van der Waals surface area contributed by atoms with Crippen molar-refractivity contribution in [3.8, 4) is 5.75 Å². The number of carbonyl (C=O) groups is 1. The van der Waals surface area contributed by atoms with Crippen molar-refractivity contribution in [2.75, 3.05) is 31.1 Å². The van der Waals surface area contributed by atoms with Gasteiger partial charge in [0, 0.05) is 43.7 Å². The lowest BCUT2D eigenvalue weighted by molar-refractivity contribution is -0.384. The second-order valence-corrected chi connectivity index (χ2v) is 8.67. The number of nitro groups is 1. The molecule has 170 valence electrons. The fourth-order valence-corrected chi connectivity index (χ4v) is 4.23. The molecule has 0 N–H and O–H groups in total. The van der Waals surface area contributed by atoms with E-state index in [0.29, 0.717) is 38.5 Å². The number of carbonyl (C=O) groups excluding carboxylic acids is 1. The van der Waals surface area contributed by atoms with Gasteiger partial charge in [0.05, 0.1) is 15.6 Å². The third-order valence-corrected chi connectivity index (χ3v) is 6.18. The van der Waals surface area contributed by atoms with Gasteiger partial charge in [0.1, 0.15) is 18.0 Å². The zero-order valence-corrected chi connectivity index (χ0v) is 19.0. The first-order valence-electron chi connectivity index (χ1n) is 10.6. The van der Waals surface area contributed by atoms with Crippen molar-refractivity contribution < 1.29 is 14.5 Å². The monoisotopic (exact) mass is 464 g/mol. The Morgan fingerprint density at radius 2 is 1.88 bits per heavy atom. The lowest BCUT2D eigenvalue weighted by atomic mass is 10.2. The molecular weight excluding hydrogens is 440 g/mol. The third-order valence-electron chi connectivity index (χ3n) is 5.36. The molecule has 8 nitrogen and oxygen atoms in total. The number of benzene rings is 2. The van der Waals surface area contributed by atoms with Crippen LogP contribution in [0.15, 0.2) is 60.0 Å². The first-order chi connectivity index (χ1) is 16.0. The molecule has 0 radical (unpaired) electrons. The highest BCUT2D eigenvalue weighted by Crippen LogP contribution is 2.28. The van der Waals surface area contributed by atoms with Crippen LogP contribution < -0.4 is 9.64 Å². The summed E-state index contributed by atoms with van der Waals surface area (Å²) >= 11 is 1.60. The minimum absolute atomic E-state index is 0.0727. The molecule has 0 atom stereocenters. The standard InChI is InChI=1S/C24H24N4O4S/c1-18-25-20(17-33-18)16-32-21-9-6-19(7-10-21)8-11-24(29)27-14-12-26(13-15-27)22-4-2-3-5-23(22)28(30)31/h2-11,17H,12-16H2,1H3/b11-8+. The predicted molar refractivity (Wildman–Crippen MR) is 129 cm³/mol. The number of aromatic nitrogens is 1. The van der Waals surface area contributed by atoms with Crippen molar-refractivity contribution in [3.63, 3.8) is 0 Å². The molecule has 33 heavy (non-hydrogen) atoms. The molecule has 1 saturated heterocycles. The maximum absolute atomic E-state index is 12.6. The van der Waals surface area contributed by atoms with E-state index in [1.807, 2.05) is 41.5 Å².